The lowest BCUT2D eigenvalue weighted by molar-refractivity contribution is 0.0954. The minimum absolute atomic E-state index is 0.230. The first-order chi connectivity index (χ1) is 9.54. The van der Waals surface area contributed by atoms with Crippen molar-refractivity contribution in [2.45, 2.75) is 6.42 Å². The molecule has 2 aromatic carbocycles. The Labute approximate surface area is 116 Å². The predicted molar refractivity (Wildman–Crippen MR) is 77.7 cm³/mol. The van der Waals surface area contributed by atoms with E-state index < -0.39 is 0 Å². The van der Waals surface area contributed by atoms with Crippen LogP contribution in [0.15, 0.2) is 42.5 Å². The van der Waals surface area contributed by atoms with Crippen LogP contribution in [0, 0.1) is 5.82 Å². The van der Waals surface area contributed by atoms with Crippen molar-refractivity contribution in [3.05, 3.63) is 59.4 Å². The van der Waals surface area contributed by atoms with Crippen LogP contribution < -0.4 is 16.8 Å². The number of carbonyl (C=O) groups is 1. The van der Waals surface area contributed by atoms with Gasteiger partial charge >= 0.3 is 0 Å². The van der Waals surface area contributed by atoms with E-state index in [1.165, 1.54) is 12.1 Å². The van der Waals surface area contributed by atoms with Gasteiger partial charge in [0, 0.05) is 23.5 Å². The van der Waals surface area contributed by atoms with Gasteiger partial charge in [-0.25, -0.2) is 4.39 Å². The van der Waals surface area contributed by atoms with Crippen LogP contribution in [-0.4, -0.2) is 12.5 Å². The summed E-state index contributed by atoms with van der Waals surface area (Å²) in [4.78, 5) is 11.9. The van der Waals surface area contributed by atoms with E-state index in [9.17, 15) is 9.18 Å². The summed E-state index contributed by atoms with van der Waals surface area (Å²) in [5, 5.41) is 2.77. The molecule has 0 radical (unpaired) electrons. The van der Waals surface area contributed by atoms with Crippen LogP contribution in [0.5, 0.6) is 0 Å². The van der Waals surface area contributed by atoms with Gasteiger partial charge in [-0.2, -0.15) is 0 Å². The SMILES string of the molecule is Nc1cc(N)cc(C(=O)NCCc2ccc(F)cc2)c1. The molecule has 0 aromatic heterocycles. The first-order valence-electron chi connectivity index (χ1n) is 6.23. The molecule has 0 fully saturated rings. The van der Waals surface area contributed by atoms with Crippen LogP contribution in [0.3, 0.4) is 0 Å². The van der Waals surface area contributed by atoms with Crippen molar-refractivity contribution in [2.75, 3.05) is 18.0 Å². The summed E-state index contributed by atoms with van der Waals surface area (Å²) in [6.45, 7) is 0.458. The Kier molecular flexibility index (Phi) is 4.20. The first kappa shape index (κ1) is 13.9. The zero-order chi connectivity index (χ0) is 14.5. The zero-order valence-corrected chi connectivity index (χ0v) is 10.9. The monoisotopic (exact) mass is 273 g/mol. The van der Waals surface area contributed by atoms with E-state index >= 15 is 0 Å². The van der Waals surface area contributed by atoms with E-state index in [4.69, 9.17) is 11.5 Å². The maximum Gasteiger partial charge on any atom is 0.251 e. The molecular formula is C15H16FN3O. The highest BCUT2D eigenvalue weighted by Gasteiger charge is 2.06. The molecule has 2 rings (SSSR count). The molecule has 4 nitrogen and oxygen atoms in total. The van der Waals surface area contributed by atoms with Gasteiger partial charge in [-0.1, -0.05) is 12.1 Å². The summed E-state index contributed by atoms with van der Waals surface area (Å²) >= 11 is 0. The van der Waals surface area contributed by atoms with E-state index in [1.807, 2.05) is 0 Å². The fourth-order valence-electron chi connectivity index (χ4n) is 1.88. The second-order valence-corrected chi connectivity index (χ2v) is 4.52. The average molecular weight is 273 g/mol. The van der Waals surface area contributed by atoms with Crippen molar-refractivity contribution in [2.24, 2.45) is 0 Å². The molecule has 0 aliphatic rings. The molecule has 104 valence electrons. The fourth-order valence-corrected chi connectivity index (χ4v) is 1.88. The van der Waals surface area contributed by atoms with Crippen molar-refractivity contribution >= 4 is 17.3 Å². The van der Waals surface area contributed by atoms with E-state index in [1.54, 1.807) is 30.3 Å². The van der Waals surface area contributed by atoms with Gasteiger partial charge in [0.2, 0.25) is 0 Å². The third-order valence-corrected chi connectivity index (χ3v) is 2.85. The number of rotatable bonds is 4. The van der Waals surface area contributed by atoms with Gasteiger partial charge in [0.15, 0.2) is 0 Å². The summed E-state index contributed by atoms with van der Waals surface area (Å²) in [5.74, 6) is -0.501. The maximum absolute atomic E-state index is 12.7. The zero-order valence-electron chi connectivity index (χ0n) is 10.9. The molecule has 20 heavy (non-hydrogen) atoms. The molecule has 0 heterocycles. The number of halogens is 1. The molecule has 0 saturated carbocycles. The topological polar surface area (TPSA) is 81.1 Å². The number of carbonyl (C=O) groups excluding carboxylic acids is 1. The van der Waals surface area contributed by atoms with E-state index in [2.05, 4.69) is 5.32 Å². The summed E-state index contributed by atoms with van der Waals surface area (Å²) in [7, 11) is 0. The van der Waals surface area contributed by atoms with E-state index in [0.717, 1.165) is 5.56 Å². The van der Waals surface area contributed by atoms with Crippen LogP contribution in [0.4, 0.5) is 15.8 Å². The fraction of sp³-hybridized carbons (Fsp3) is 0.133. The molecule has 0 atom stereocenters. The molecule has 5 heteroatoms. The smallest absolute Gasteiger partial charge is 0.251 e. The average Bonchev–Trinajstić information content (AvgIpc) is 2.40. The molecular weight excluding hydrogens is 257 g/mol. The minimum atomic E-state index is -0.270. The van der Waals surface area contributed by atoms with E-state index in [0.29, 0.717) is 29.9 Å². The third-order valence-electron chi connectivity index (χ3n) is 2.85. The van der Waals surface area contributed by atoms with Crippen LogP contribution >= 0.6 is 0 Å². The number of amides is 1. The number of hydrogen-bond donors (Lipinski definition) is 3. The number of benzene rings is 2. The molecule has 0 spiro atoms. The standard InChI is InChI=1S/C15H16FN3O/c16-12-3-1-10(2-4-12)5-6-19-15(20)11-7-13(17)9-14(18)8-11/h1-4,7-9H,5-6,17-18H2,(H,19,20). The number of nitrogens with one attached hydrogen (secondary N) is 1. The lowest BCUT2D eigenvalue weighted by atomic mass is 10.1. The normalized spacial score (nSPS) is 10.2. The Bertz CT molecular complexity index is 591. The van der Waals surface area contributed by atoms with Crippen LogP contribution in [0.25, 0.3) is 0 Å². The highest BCUT2D eigenvalue weighted by Crippen LogP contribution is 2.13. The largest absolute Gasteiger partial charge is 0.399 e. The lowest BCUT2D eigenvalue weighted by Gasteiger charge is -2.07. The van der Waals surface area contributed by atoms with Crippen molar-refractivity contribution in [3.63, 3.8) is 0 Å². The van der Waals surface area contributed by atoms with Gasteiger partial charge < -0.3 is 16.8 Å². The molecule has 1 amide bonds. The first-order valence-corrected chi connectivity index (χ1v) is 6.23. The molecule has 0 unspecified atom stereocenters. The van der Waals surface area contributed by atoms with Crippen LogP contribution in [-0.2, 0) is 6.42 Å². The van der Waals surface area contributed by atoms with Gasteiger partial charge in [-0.3, -0.25) is 4.79 Å². The molecule has 5 N–H and O–H groups in total. The summed E-state index contributed by atoms with van der Waals surface area (Å²) in [6, 6.07) is 10.9. The number of hydrogen-bond acceptors (Lipinski definition) is 3. The predicted octanol–water partition coefficient (Wildman–Crippen LogP) is 1.96. The van der Waals surface area contributed by atoms with Crippen molar-refractivity contribution < 1.29 is 9.18 Å². The molecule has 2 aromatic rings. The van der Waals surface area contributed by atoms with Crippen LogP contribution in [0.1, 0.15) is 15.9 Å². The van der Waals surface area contributed by atoms with Gasteiger partial charge in [0.25, 0.3) is 5.91 Å². The number of anilines is 2. The second-order valence-electron chi connectivity index (χ2n) is 4.52. The Balaban J connectivity index is 1.90. The maximum atomic E-state index is 12.7. The Morgan fingerprint density at radius 3 is 2.25 bits per heavy atom. The number of nitrogens with two attached hydrogens (primary N) is 2. The van der Waals surface area contributed by atoms with Gasteiger partial charge in [-0.05, 0) is 42.3 Å². The van der Waals surface area contributed by atoms with E-state index in [-0.39, 0.29) is 11.7 Å². The highest BCUT2D eigenvalue weighted by molar-refractivity contribution is 5.96. The second kappa shape index (κ2) is 6.06. The minimum Gasteiger partial charge on any atom is -0.399 e. The third kappa shape index (κ3) is 3.71. The Morgan fingerprint density at radius 2 is 1.65 bits per heavy atom. The van der Waals surface area contributed by atoms with Gasteiger partial charge in [-0.15, -0.1) is 0 Å². The lowest BCUT2D eigenvalue weighted by Crippen LogP contribution is -2.25. The molecule has 0 aliphatic heterocycles. The molecule has 0 aliphatic carbocycles. The van der Waals surface area contributed by atoms with Crippen molar-refractivity contribution in [1.29, 1.82) is 0 Å². The van der Waals surface area contributed by atoms with Gasteiger partial charge in [0.1, 0.15) is 5.82 Å². The Hall–Kier alpha value is -2.56. The highest BCUT2D eigenvalue weighted by atomic mass is 19.1. The quantitative estimate of drug-likeness (QED) is 0.745. The summed E-state index contributed by atoms with van der Waals surface area (Å²) in [5.41, 5.74) is 13.6. The van der Waals surface area contributed by atoms with Crippen molar-refractivity contribution in [1.82, 2.24) is 5.32 Å². The van der Waals surface area contributed by atoms with Crippen molar-refractivity contribution in [3.8, 4) is 0 Å². The van der Waals surface area contributed by atoms with Crippen LogP contribution in [0.2, 0.25) is 0 Å². The summed E-state index contributed by atoms with van der Waals surface area (Å²) < 4.78 is 12.7. The molecule has 0 saturated heterocycles. The molecule has 0 bridgehead atoms. The van der Waals surface area contributed by atoms with Gasteiger partial charge in [0.05, 0.1) is 0 Å². The Morgan fingerprint density at radius 1 is 1.05 bits per heavy atom. The number of nitrogen functional groups attached to an aromatic ring is 2. The summed E-state index contributed by atoms with van der Waals surface area (Å²) in [6.07, 6.45) is 0.629.